The topological polar surface area (TPSA) is 128 Å². The third kappa shape index (κ3) is 7.09. The SMILES string of the molecule is Cc1ccc(C)c(S(=O)(=O)Oc2ccccc2C(=O)OCC(=O)NC(=O)NC(C)(C)C)c1. The Labute approximate surface area is 187 Å². The van der Waals surface area contributed by atoms with Gasteiger partial charge in [0.1, 0.15) is 10.5 Å². The molecule has 0 saturated heterocycles. The van der Waals surface area contributed by atoms with Crippen LogP contribution in [0.25, 0.3) is 0 Å². The maximum atomic E-state index is 12.8. The Kier molecular flexibility index (Phi) is 7.63. The van der Waals surface area contributed by atoms with Crippen molar-refractivity contribution in [3.05, 3.63) is 59.2 Å². The molecule has 0 unspecified atom stereocenters. The van der Waals surface area contributed by atoms with E-state index in [1.54, 1.807) is 46.8 Å². The summed E-state index contributed by atoms with van der Waals surface area (Å²) >= 11 is 0. The van der Waals surface area contributed by atoms with Crippen LogP contribution in [0, 0.1) is 13.8 Å². The monoisotopic (exact) mass is 462 g/mol. The molecule has 172 valence electrons. The molecule has 2 aromatic rings. The number of imide groups is 1. The molecule has 2 N–H and O–H groups in total. The van der Waals surface area contributed by atoms with Crippen LogP contribution in [-0.2, 0) is 19.6 Å². The summed E-state index contributed by atoms with van der Waals surface area (Å²) in [4.78, 5) is 36.0. The molecule has 0 saturated carbocycles. The van der Waals surface area contributed by atoms with E-state index in [0.29, 0.717) is 5.56 Å². The van der Waals surface area contributed by atoms with Gasteiger partial charge in [0.05, 0.1) is 0 Å². The Morgan fingerprint density at radius 1 is 1.00 bits per heavy atom. The molecule has 9 nitrogen and oxygen atoms in total. The highest BCUT2D eigenvalue weighted by Gasteiger charge is 2.24. The minimum absolute atomic E-state index is 0.0232. The Hall–Kier alpha value is -3.40. The Bertz CT molecular complexity index is 1140. The van der Waals surface area contributed by atoms with Gasteiger partial charge in [0.2, 0.25) is 0 Å². The normalized spacial score (nSPS) is 11.4. The van der Waals surface area contributed by atoms with Crippen molar-refractivity contribution in [2.75, 3.05) is 6.61 Å². The summed E-state index contributed by atoms with van der Waals surface area (Å²) in [6.45, 7) is 7.84. The molecule has 2 aromatic carbocycles. The van der Waals surface area contributed by atoms with Gasteiger partial charge in [0, 0.05) is 5.54 Å². The molecule has 3 amide bonds. The molecule has 32 heavy (non-hydrogen) atoms. The fraction of sp³-hybridized carbons (Fsp3) is 0.318. The van der Waals surface area contributed by atoms with E-state index in [4.69, 9.17) is 8.92 Å². The number of carbonyl (C=O) groups is 3. The number of para-hydroxylation sites is 1. The lowest BCUT2D eigenvalue weighted by Gasteiger charge is -2.20. The van der Waals surface area contributed by atoms with E-state index in [0.717, 1.165) is 5.56 Å². The zero-order valence-corrected chi connectivity index (χ0v) is 19.3. The first kappa shape index (κ1) is 24.9. The van der Waals surface area contributed by atoms with Gasteiger partial charge >= 0.3 is 22.1 Å². The van der Waals surface area contributed by atoms with Crippen molar-refractivity contribution in [1.82, 2.24) is 10.6 Å². The van der Waals surface area contributed by atoms with Crippen LogP contribution in [0.5, 0.6) is 5.75 Å². The van der Waals surface area contributed by atoms with Crippen LogP contribution in [0.4, 0.5) is 4.79 Å². The molecular weight excluding hydrogens is 436 g/mol. The lowest BCUT2D eigenvalue weighted by molar-refractivity contribution is -0.123. The van der Waals surface area contributed by atoms with Crippen LogP contribution in [0.1, 0.15) is 42.3 Å². The van der Waals surface area contributed by atoms with E-state index >= 15 is 0 Å². The summed E-state index contributed by atoms with van der Waals surface area (Å²) in [5.74, 6) is -2.08. The lowest BCUT2D eigenvalue weighted by Crippen LogP contribution is -2.49. The first-order valence-electron chi connectivity index (χ1n) is 9.68. The summed E-state index contributed by atoms with van der Waals surface area (Å²) in [5, 5.41) is 4.57. The molecule has 0 heterocycles. The van der Waals surface area contributed by atoms with Crippen molar-refractivity contribution >= 4 is 28.0 Å². The second kappa shape index (κ2) is 9.82. The molecular formula is C22H26N2O7S. The van der Waals surface area contributed by atoms with Crippen molar-refractivity contribution in [3.8, 4) is 5.75 Å². The minimum Gasteiger partial charge on any atom is -0.452 e. The van der Waals surface area contributed by atoms with Gasteiger partial charge in [-0.15, -0.1) is 0 Å². The second-order valence-electron chi connectivity index (χ2n) is 8.13. The largest absolute Gasteiger partial charge is 0.452 e. The molecule has 0 bridgehead atoms. The molecule has 0 aromatic heterocycles. The molecule has 0 fully saturated rings. The Balaban J connectivity index is 2.11. The number of amides is 3. The van der Waals surface area contributed by atoms with Crippen LogP contribution in [0.2, 0.25) is 0 Å². The molecule has 0 radical (unpaired) electrons. The molecule has 0 aliphatic rings. The molecule has 10 heteroatoms. The maximum absolute atomic E-state index is 12.8. The molecule has 0 atom stereocenters. The lowest BCUT2D eigenvalue weighted by atomic mass is 10.1. The number of esters is 1. The third-order valence-corrected chi connectivity index (χ3v) is 5.37. The highest BCUT2D eigenvalue weighted by Crippen LogP contribution is 2.25. The first-order chi connectivity index (χ1) is 14.8. The van der Waals surface area contributed by atoms with E-state index in [2.05, 4.69) is 5.32 Å². The predicted octanol–water partition coefficient (Wildman–Crippen LogP) is 2.85. The zero-order valence-electron chi connectivity index (χ0n) is 18.5. The van der Waals surface area contributed by atoms with Gasteiger partial charge in [-0.05, 0) is 63.9 Å². The summed E-state index contributed by atoms with van der Waals surface area (Å²) < 4.78 is 35.7. The van der Waals surface area contributed by atoms with Crippen LogP contribution in [-0.4, -0.2) is 38.5 Å². The number of carbonyl (C=O) groups excluding carboxylic acids is 3. The summed E-state index contributed by atoms with van der Waals surface area (Å²) in [7, 11) is -4.23. The number of rotatable bonds is 6. The predicted molar refractivity (Wildman–Crippen MR) is 117 cm³/mol. The van der Waals surface area contributed by atoms with Crippen LogP contribution >= 0.6 is 0 Å². The first-order valence-corrected chi connectivity index (χ1v) is 11.1. The minimum atomic E-state index is -4.23. The van der Waals surface area contributed by atoms with Crippen molar-refractivity contribution in [1.29, 1.82) is 0 Å². The van der Waals surface area contributed by atoms with Gasteiger partial charge in [-0.2, -0.15) is 8.42 Å². The molecule has 2 rings (SSSR count). The van der Waals surface area contributed by atoms with Crippen LogP contribution < -0.4 is 14.8 Å². The Morgan fingerprint density at radius 2 is 1.66 bits per heavy atom. The molecule has 0 aliphatic carbocycles. The fourth-order valence-corrected chi connectivity index (χ4v) is 3.86. The number of aryl methyl sites for hydroxylation is 2. The third-order valence-electron chi connectivity index (χ3n) is 4.00. The Morgan fingerprint density at radius 3 is 2.31 bits per heavy atom. The van der Waals surface area contributed by atoms with E-state index < -0.39 is 40.2 Å². The van der Waals surface area contributed by atoms with E-state index in [1.807, 2.05) is 5.32 Å². The maximum Gasteiger partial charge on any atom is 0.342 e. The number of urea groups is 1. The smallest absolute Gasteiger partial charge is 0.342 e. The van der Waals surface area contributed by atoms with Gasteiger partial charge in [-0.3, -0.25) is 10.1 Å². The zero-order chi connectivity index (χ0) is 24.1. The number of hydrogen-bond donors (Lipinski definition) is 2. The average molecular weight is 463 g/mol. The number of nitrogens with one attached hydrogen (secondary N) is 2. The standard InChI is InChI=1S/C22H26N2O7S/c1-14-10-11-15(2)18(12-14)32(28,29)31-17-9-7-6-8-16(17)20(26)30-13-19(25)23-21(27)24-22(3,4)5/h6-12H,13H2,1-5H3,(H2,23,24,25,27). The van der Waals surface area contributed by atoms with E-state index in [1.165, 1.54) is 30.3 Å². The van der Waals surface area contributed by atoms with Gasteiger partial charge in [0.15, 0.2) is 12.4 Å². The van der Waals surface area contributed by atoms with Crippen molar-refractivity contribution in [3.63, 3.8) is 0 Å². The van der Waals surface area contributed by atoms with E-state index in [-0.39, 0.29) is 16.2 Å². The van der Waals surface area contributed by atoms with Gasteiger partial charge in [0.25, 0.3) is 5.91 Å². The quantitative estimate of drug-likeness (QED) is 0.499. The van der Waals surface area contributed by atoms with Crippen molar-refractivity contribution < 1.29 is 31.7 Å². The number of ether oxygens (including phenoxy) is 1. The highest BCUT2D eigenvalue weighted by atomic mass is 32.2. The average Bonchev–Trinajstić information content (AvgIpc) is 2.66. The van der Waals surface area contributed by atoms with Gasteiger partial charge in [-0.1, -0.05) is 24.3 Å². The van der Waals surface area contributed by atoms with Crippen molar-refractivity contribution in [2.24, 2.45) is 0 Å². The fourth-order valence-electron chi connectivity index (χ4n) is 2.59. The van der Waals surface area contributed by atoms with Crippen LogP contribution in [0.15, 0.2) is 47.4 Å². The van der Waals surface area contributed by atoms with E-state index in [9.17, 15) is 22.8 Å². The van der Waals surface area contributed by atoms with Crippen LogP contribution in [0.3, 0.4) is 0 Å². The summed E-state index contributed by atoms with van der Waals surface area (Å²) in [6.07, 6.45) is 0. The number of hydrogen-bond acceptors (Lipinski definition) is 7. The molecule has 0 spiro atoms. The summed E-state index contributed by atoms with van der Waals surface area (Å²) in [6, 6.07) is 9.75. The van der Waals surface area contributed by atoms with Gasteiger partial charge in [-0.25, -0.2) is 9.59 Å². The number of benzene rings is 2. The highest BCUT2D eigenvalue weighted by molar-refractivity contribution is 7.87. The summed E-state index contributed by atoms with van der Waals surface area (Å²) in [5.41, 5.74) is 0.472. The molecule has 0 aliphatic heterocycles. The second-order valence-corrected chi connectivity index (χ2v) is 9.65. The van der Waals surface area contributed by atoms with Gasteiger partial charge < -0.3 is 14.2 Å². The van der Waals surface area contributed by atoms with Crippen molar-refractivity contribution in [2.45, 2.75) is 45.1 Å².